The Morgan fingerprint density at radius 1 is 1.36 bits per heavy atom. The molecule has 114 valence electrons. The average molecular weight is 337 g/mol. The number of anilines is 1. The lowest BCUT2D eigenvalue weighted by molar-refractivity contribution is 0.102. The molecule has 1 aromatic carbocycles. The third-order valence-corrected chi connectivity index (χ3v) is 4.64. The lowest BCUT2D eigenvalue weighted by Gasteiger charge is -2.10. The lowest BCUT2D eigenvalue weighted by Crippen LogP contribution is -2.13. The van der Waals surface area contributed by atoms with Crippen molar-refractivity contribution < 1.29 is 9.53 Å². The molecular weight excluding hydrogens is 324 g/mol. The van der Waals surface area contributed by atoms with Gasteiger partial charge < -0.3 is 10.1 Å². The fraction of sp³-hybridized carbons (Fsp3) is 0.214. The Labute approximate surface area is 135 Å². The van der Waals surface area contributed by atoms with Gasteiger partial charge in [-0.25, -0.2) is 0 Å². The molecule has 3 aromatic rings. The number of amides is 1. The Morgan fingerprint density at radius 2 is 2.14 bits per heavy atom. The number of ether oxygens (including phenoxy) is 1. The van der Waals surface area contributed by atoms with Gasteiger partial charge in [0, 0.05) is 10.7 Å². The van der Waals surface area contributed by atoms with Crippen LogP contribution in [0, 0.1) is 13.8 Å². The number of carbonyl (C=O) groups excluding carboxylic acids is 1. The number of methoxy groups -OCH3 is 1. The minimum atomic E-state index is -0.229. The summed E-state index contributed by atoms with van der Waals surface area (Å²) in [5, 5.41) is 11.4. The molecule has 3 rings (SSSR count). The molecule has 0 radical (unpaired) electrons. The Hall–Kier alpha value is -2.12. The van der Waals surface area contributed by atoms with Gasteiger partial charge in [-0.3, -0.25) is 9.20 Å². The molecule has 0 fully saturated rings. The Morgan fingerprint density at radius 3 is 2.82 bits per heavy atom. The first-order chi connectivity index (χ1) is 10.5. The van der Waals surface area contributed by atoms with Gasteiger partial charge >= 0.3 is 0 Å². The summed E-state index contributed by atoms with van der Waals surface area (Å²) < 4.78 is 7.09. The maximum absolute atomic E-state index is 12.5. The minimum absolute atomic E-state index is 0.229. The third kappa shape index (κ3) is 2.42. The SMILES string of the molecule is COc1ccc(Cl)cc1NC(=O)c1sc2nnc(C)n2c1C. The summed E-state index contributed by atoms with van der Waals surface area (Å²) in [6.45, 7) is 3.71. The number of benzene rings is 1. The van der Waals surface area contributed by atoms with Gasteiger partial charge in [0.15, 0.2) is 0 Å². The van der Waals surface area contributed by atoms with E-state index in [9.17, 15) is 4.79 Å². The topological polar surface area (TPSA) is 68.5 Å². The highest BCUT2D eigenvalue weighted by Crippen LogP contribution is 2.29. The van der Waals surface area contributed by atoms with E-state index < -0.39 is 0 Å². The molecule has 1 amide bonds. The summed E-state index contributed by atoms with van der Waals surface area (Å²) in [5.74, 6) is 1.07. The van der Waals surface area contributed by atoms with Gasteiger partial charge in [-0.1, -0.05) is 22.9 Å². The molecule has 2 aromatic heterocycles. The fourth-order valence-electron chi connectivity index (χ4n) is 2.23. The second kappa shape index (κ2) is 5.58. The molecule has 0 saturated carbocycles. The number of thiazole rings is 1. The number of hydrogen-bond acceptors (Lipinski definition) is 5. The van der Waals surface area contributed by atoms with Crippen molar-refractivity contribution in [1.29, 1.82) is 0 Å². The van der Waals surface area contributed by atoms with Crippen LogP contribution in [0.25, 0.3) is 4.96 Å². The summed E-state index contributed by atoms with van der Waals surface area (Å²) in [4.78, 5) is 13.8. The van der Waals surface area contributed by atoms with Crippen molar-refractivity contribution >= 4 is 39.5 Å². The third-order valence-electron chi connectivity index (χ3n) is 3.27. The maximum atomic E-state index is 12.5. The van der Waals surface area contributed by atoms with Crippen molar-refractivity contribution in [3.05, 3.63) is 39.6 Å². The van der Waals surface area contributed by atoms with E-state index in [-0.39, 0.29) is 5.91 Å². The lowest BCUT2D eigenvalue weighted by atomic mass is 10.2. The van der Waals surface area contributed by atoms with Gasteiger partial charge in [-0.15, -0.1) is 10.2 Å². The summed E-state index contributed by atoms with van der Waals surface area (Å²) >= 11 is 7.27. The highest BCUT2D eigenvalue weighted by atomic mass is 35.5. The molecule has 22 heavy (non-hydrogen) atoms. The first kappa shape index (κ1) is 14.8. The standard InChI is InChI=1S/C14H13ClN4O2S/c1-7-12(22-14-18-17-8(2)19(7)14)13(20)16-10-6-9(15)4-5-11(10)21-3/h4-6H,1-3H3,(H,16,20). The summed E-state index contributed by atoms with van der Waals surface area (Å²) in [7, 11) is 1.54. The Balaban J connectivity index is 1.97. The second-order valence-electron chi connectivity index (χ2n) is 4.68. The number of nitrogens with zero attached hydrogens (tertiary/aromatic N) is 3. The van der Waals surface area contributed by atoms with Crippen LogP contribution < -0.4 is 10.1 Å². The van der Waals surface area contributed by atoms with Crippen LogP contribution in [-0.2, 0) is 0 Å². The van der Waals surface area contributed by atoms with Crippen LogP contribution in [0.5, 0.6) is 5.75 Å². The van der Waals surface area contributed by atoms with Crippen LogP contribution in [-0.4, -0.2) is 27.6 Å². The van der Waals surface area contributed by atoms with E-state index in [1.807, 2.05) is 18.2 Å². The largest absolute Gasteiger partial charge is 0.495 e. The number of rotatable bonds is 3. The van der Waals surface area contributed by atoms with Crippen LogP contribution in [0.3, 0.4) is 0 Å². The first-order valence-electron chi connectivity index (χ1n) is 6.47. The molecule has 6 nitrogen and oxygen atoms in total. The van der Waals surface area contributed by atoms with Crippen molar-refractivity contribution in [3.63, 3.8) is 0 Å². The van der Waals surface area contributed by atoms with Crippen molar-refractivity contribution in [2.75, 3.05) is 12.4 Å². The molecule has 0 atom stereocenters. The first-order valence-corrected chi connectivity index (χ1v) is 7.66. The van der Waals surface area contributed by atoms with Crippen LogP contribution in [0.1, 0.15) is 21.2 Å². The van der Waals surface area contributed by atoms with Crippen LogP contribution in [0.4, 0.5) is 5.69 Å². The molecule has 0 unspecified atom stereocenters. The van der Waals surface area contributed by atoms with Crippen molar-refractivity contribution in [2.24, 2.45) is 0 Å². The van der Waals surface area contributed by atoms with E-state index >= 15 is 0 Å². The Bertz CT molecular complexity index is 871. The quantitative estimate of drug-likeness (QED) is 0.796. The average Bonchev–Trinajstić information content (AvgIpc) is 3.00. The zero-order valence-corrected chi connectivity index (χ0v) is 13.7. The fourth-order valence-corrected chi connectivity index (χ4v) is 3.41. The molecule has 0 aliphatic rings. The van der Waals surface area contributed by atoms with Crippen molar-refractivity contribution in [2.45, 2.75) is 13.8 Å². The predicted octanol–water partition coefficient (Wildman–Crippen LogP) is 3.32. The van der Waals surface area contributed by atoms with E-state index in [1.54, 1.807) is 25.3 Å². The van der Waals surface area contributed by atoms with E-state index in [1.165, 1.54) is 11.3 Å². The molecule has 2 heterocycles. The summed E-state index contributed by atoms with van der Waals surface area (Å²) in [6.07, 6.45) is 0. The van der Waals surface area contributed by atoms with Crippen LogP contribution in [0.2, 0.25) is 5.02 Å². The number of halogens is 1. The normalized spacial score (nSPS) is 10.9. The number of aryl methyl sites for hydroxylation is 2. The van der Waals surface area contributed by atoms with Gasteiger partial charge in [0.1, 0.15) is 16.5 Å². The number of hydrogen-bond donors (Lipinski definition) is 1. The van der Waals surface area contributed by atoms with Gasteiger partial charge in [0.05, 0.1) is 12.8 Å². The van der Waals surface area contributed by atoms with E-state index in [4.69, 9.17) is 16.3 Å². The van der Waals surface area contributed by atoms with E-state index in [0.717, 1.165) is 11.5 Å². The van der Waals surface area contributed by atoms with Crippen LogP contribution >= 0.6 is 22.9 Å². The van der Waals surface area contributed by atoms with Crippen molar-refractivity contribution in [3.8, 4) is 5.75 Å². The van der Waals surface area contributed by atoms with Gasteiger partial charge in [0.2, 0.25) is 4.96 Å². The van der Waals surface area contributed by atoms with Crippen LogP contribution in [0.15, 0.2) is 18.2 Å². The Kier molecular flexibility index (Phi) is 3.76. The summed E-state index contributed by atoms with van der Waals surface area (Å²) in [5.41, 5.74) is 1.33. The minimum Gasteiger partial charge on any atom is -0.495 e. The number of nitrogens with one attached hydrogen (secondary N) is 1. The molecule has 8 heteroatoms. The highest BCUT2D eigenvalue weighted by Gasteiger charge is 2.19. The zero-order valence-electron chi connectivity index (χ0n) is 12.2. The monoisotopic (exact) mass is 336 g/mol. The number of carbonyl (C=O) groups is 1. The number of fused-ring (bicyclic) bond motifs is 1. The van der Waals surface area contributed by atoms with Gasteiger partial charge in [-0.2, -0.15) is 0 Å². The molecule has 0 aliphatic heterocycles. The summed E-state index contributed by atoms with van der Waals surface area (Å²) in [6, 6.07) is 5.06. The highest BCUT2D eigenvalue weighted by molar-refractivity contribution is 7.19. The predicted molar refractivity (Wildman–Crippen MR) is 86.3 cm³/mol. The molecule has 0 aliphatic carbocycles. The molecular formula is C14H13ClN4O2S. The second-order valence-corrected chi connectivity index (χ2v) is 6.09. The zero-order chi connectivity index (χ0) is 15.9. The maximum Gasteiger partial charge on any atom is 0.267 e. The van der Waals surface area contributed by atoms with Gasteiger partial charge in [-0.05, 0) is 32.0 Å². The molecule has 0 spiro atoms. The van der Waals surface area contributed by atoms with E-state index in [0.29, 0.717) is 26.3 Å². The van der Waals surface area contributed by atoms with Gasteiger partial charge in [0.25, 0.3) is 5.91 Å². The number of aromatic nitrogens is 3. The smallest absolute Gasteiger partial charge is 0.267 e. The molecule has 0 bridgehead atoms. The molecule has 0 saturated heterocycles. The molecule has 1 N–H and O–H groups in total. The van der Waals surface area contributed by atoms with E-state index in [2.05, 4.69) is 15.5 Å². The van der Waals surface area contributed by atoms with Crippen molar-refractivity contribution in [1.82, 2.24) is 14.6 Å².